The maximum atomic E-state index is 5.90. The molecule has 0 aliphatic rings. The summed E-state index contributed by atoms with van der Waals surface area (Å²) in [5.74, 6) is 0. The fraction of sp³-hybridized carbons (Fsp3) is 0.214. The van der Waals surface area contributed by atoms with Crippen LogP contribution in [0.25, 0.3) is 0 Å². The van der Waals surface area contributed by atoms with Gasteiger partial charge in [-0.3, -0.25) is 4.98 Å². The minimum Gasteiger partial charge on any atom is -0.305 e. The predicted molar refractivity (Wildman–Crippen MR) is 71.2 cm³/mol. The SMILES string of the molecule is CCN[C@@H](c1ccc(Cl)cc1)c1ccccn1. The second-order valence-corrected chi connectivity index (χ2v) is 4.23. The van der Waals surface area contributed by atoms with Crippen molar-refractivity contribution in [2.75, 3.05) is 6.54 Å². The number of rotatable bonds is 4. The van der Waals surface area contributed by atoms with Crippen molar-refractivity contribution in [2.24, 2.45) is 0 Å². The average Bonchev–Trinajstić information content (AvgIpc) is 2.38. The van der Waals surface area contributed by atoms with E-state index in [-0.39, 0.29) is 6.04 Å². The van der Waals surface area contributed by atoms with Crippen molar-refractivity contribution in [1.29, 1.82) is 0 Å². The molecular formula is C14H15ClN2. The summed E-state index contributed by atoms with van der Waals surface area (Å²) in [4.78, 5) is 4.40. The molecule has 2 aromatic rings. The van der Waals surface area contributed by atoms with Crippen LogP contribution in [-0.4, -0.2) is 11.5 Å². The molecule has 1 atom stereocenters. The molecule has 2 nitrogen and oxygen atoms in total. The van der Waals surface area contributed by atoms with Crippen molar-refractivity contribution in [3.63, 3.8) is 0 Å². The van der Waals surface area contributed by atoms with Gasteiger partial charge in [0.05, 0.1) is 11.7 Å². The van der Waals surface area contributed by atoms with Crippen molar-refractivity contribution in [1.82, 2.24) is 10.3 Å². The average molecular weight is 247 g/mol. The number of nitrogens with one attached hydrogen (secondary N) is 1. The highest BCUT2D eigenvalue weighted by Crippen LogP contribution is 2.21. The van der Waals surface area contributed by atoms with E-state index in [1.165, 1.54) is 5.56 Å². The van der Waals surface area contributed by atoms with Gasteiger partial charge < -0.3 is 5.32 Å². The molecule has 0 fully saturated rings. The zero-order valence-corrected chi connectivity index (χ0v) is 10.5. The van der Waals surface area contributed by atoms with Gasteiger partial charge in [0, 0.05) is 11.2 Å². The van der Waals surface area contributed by atoms with E-state index in [1.54, 1.807) is 0 Å². The Bertz CT molecular complexity index is 453. The van der Waals surface area contributed by atoms with Gasteiger partial charge in [-0.15, -0.1) is 0 Å². The van der Waals surface area contributed by atoms with Crippen LogP contribution in [0.15, 0.2) is 48.7 Å². The van der Waals surface area contributed by atoms with Gasteiger partial charge in [-0.05, 0) is 36.4 Å². The largest absolute Gasteiger partial charge is 0.305 e. The molecule has 1 N–H and O–H groups in total. The first-order valence-corrected chi connectivity index (χ1v) is 6.09. The van der Waals surface area contributed by atoms with Gasteiger partial charge in [0.15, 0.2) is 0 Å². The zero-order valence-electron chi connectivity index (χ0n) is 9.73. The first kappa shape index (κ1) is 12.1. The molecule has 17 heavy (non-hydrogen) atoms. The van der Waals surface area contributed by atoms with Crippen molar-refractivity contribution in [3.8, 4) is 0 Å². The molecule has 0 spiro atoms. The molecule has 0 saturated heterocycles. The minimum absolute atomic E-state index is 0.124. The summed E-state index contributed by atoms with van der Waals surface area (Å²) < 4.78 is 0. The van der Waals surface area contributed by atoms with Crippen molar-refractivity contribution >= 4 is 11.6 Å². The molecule has 0 radical (unpaired) electrons. The fourth-order valence-electron chi connectivity index (χ4n) is 1.80. The van der Waals surface area contributed by atoms with Crippen molar-refractivity contribution in [2.45, 2.75) is 13.0 Å². The van der Waals surface area contributed by atoms with E-state index in [4.69, 9.17) is 11.6 Å². The Morgan fingerprint density at radius 3 is 2.53 bits per heavy atom. The maximum Gasteiger partial charge on any atom is 0.0751 e. The third kappa shape index (κ3) is 3.05. The molecule has 1 heterocycles. The Morgan fingerprint density at radius 1 is 1.18 bits per heavy atom. The van der Waals surface area contributed by atoms with Crippen molar-refractivity contribution in [3.05, 3.63) is 64.9 Å². The van der Waals surface area contributed by atoms with Crippen LogP contribution in [0.3, 0.4) is 0 Å². The van der Waals surface area contributed by atoms with E-state index in [9.17, 15) is 0 Å². The van der Waals surface area contributed by atoms with Gasteiger partial charge >= 0.3 is 0 Å². The van der Waals surface area contributed by atoms with Gasteiger partial charge in [0.1, 0.15) is 0 Å². The molecule has 0 unspecified atom stereocenters. The summed E-state index contributed by atoms with van der Waals surface area (Å²) in [5.41, 5.74) is 2.20. The highest BCUT2D eigenvalue weighted by atomic mass is 35.5. The van der Waals surface area contributed by atoms with Crippen LogP contribution >= 0.6 is 11.6 Å². The predicted octanol–water partition coefficient (Wildman–Crippen LogP) is 3.43. The Balaban J connectivity index is 2.32. The van der Waals surface area contributed by atoms with Crippen LogP contribution < -0.4 is 5.32 Å². The number of benzene rings is 1. The molecule has 2 rings (SSSR count). The first-order valence-electron chi connectivity index (χ1n) is 5.71. The lowest BCUT2D eigenvalue weighted by Gasteiger charge is -2.17. The van der Waals surface area contributed by atoms with Crippen LogP contribution in [-0.2, 0) is 0 Å². The molecule has 0 aliphatic carbocycles. The van der Waals surface area contributed by atoms with E-state index < -0.39 is 0 Å². The lowest BCUT2D eigenvalue weighted by molar-refractivity contribution is 0.615. The second kappa shape index (κ2) is 5.80. The zero-order chi connectivity index (χ0) is 12.1. The van der Waals surface area contributed by atoms with E-state index in [0.29, 0.717) is 0 Å². The van der Waals surface area contributed by atoms with Crippen LogP contribution in [0.4, 0.5) is 0 Å². The molecule has 1 aromatic carbocycles. The Hall–Kier alpha value is -1.38. The number of hydrogen-bond donors (Lipinski definition) is 1. The third-order valence-electron chi connectivity index (χ3n) is 2.60. The molecular weight excluding hydrogens is 232 g/mol. The number of hydrogen-bond acceptors (Lipinski definition) is 2. The minimum atomic E-state index is 0.124. The third-order valence-corrected chi connectivity index (χ3v) is 2.85. The Morgan fingerprint density at radius 2 is 1.94 bits per heavy atom. The molecule has 0 saturated carbocycles. The standard InChI is InChI=1S/C14H15ClN2/c1-2-16-14(13-5-3-4-10-17-13)11-6-8-12(15)9-7-11/h3-10,14,16H,2H2,1H3/t14-/m0/s1. The topological polar surface area (TPSA) is 24.9 Å². The number of pyridine rings is 1. The highest BCUT2D eigenvalue weighted by Gasteiger charge is 2.13. The number of halogens is 1. The van der Waals surface area contributed by atoms with Gasteiger partial charge in [0.2, 0.25) is 0 Å². The first-order chi connectivity index (χ1) is 8.31. The van der Waals surface area contributed by atoms with E-state index in [0.717, 1.165) is 17.3 Å². The van der Waals surface area contributed by atoms with Crippen LogP contribution in [0.5, 0.6) is 0 Å². The quantitative estimate of drug-likeness (QED) is 0.894. The van der Waals surface area contributed by atoms with Crippen LogP contribution in [0.2, 0.25) is 5.02 Å². The molecule has 0 amide bonds. The van der Waals surface area contributed by atoms with Crippen molar-refractivity contribution < 1.29 is 0 Å². The lowest BCUT2D eigenvalue weighted by atomic mass is 10.0. The van der Waals surface area contributed by atoms with E-state index >= 15 is 0 Å². The lowest BCUT2D eigenvalue weighted by Crippen LogP contribution is -2.22. The molecule has 1 aromatic heterocycles. The van der Waals surface area contributed by atoms with Gasteiger partial charge in [0.25, 0.3) is 0 Å². The van der Waals surface area contributed by atoms with Gasteiger partial charge in [-0.1, -0.05) is 36.7 Å². The molecule has 0 aliphatic heterocycles. The van der Waals surface area contributed by atoms with Gasteiger partial charge in [-0.25, -0.2) is 0 Å². The summed E-state index contributed by atoms with van der Waals surface area (Å²) in [7, 11) is 0. The monoisotopic (exact) mass is 246 g/mol. The van der Waals surface area contributed by atoms with Gasteiger partial charge in [-0.2, -0.15) is 0 Å². The summed E-state index contributed by atoms with van der Waals surface area (Å²) >= 11 is 5.90. The van der Waals surface area contributed by atoms with Crippen LogP contribution in [0, 0.1) is 0 Å². The van der Waals surface area contributed by atoms with E-state index in [1.807, 2.05) is 48.7 Å². The highest BCUT2D eigenvalue weighted by molar-refractivity contribution is 6.30. The fourth-order valence-corrected chi connectivity index (χ4v) is 1.93. The second-order valence-electron chi connectivity index (χ2n) is 3.80. The summed E-state index contributed by atoms with van der Waals surface area (Å²) in [5, 5.41) is 4.18. The summed E-state index contributed by atoms with van der Waals surface area (Å²) in [6.45, 7) is 2.98. The number of nitrogens with zero attached hydrogens (tertiary/aromatic N) is 1. The summed E-state index contributed by atoms with van der Waals surface area (Å²) in [6, 6.07) is 14.0. The Kier molecular flexibility index (Phi) is 4.13. The molecule has 0 bridgehead atoms. The summed E-state index contributed by atoms with van der Waals surface area (Å²) in [6.07, 6.45) is 1.82. The maximum absolute atomic E-state index is 5.90. The van der Waals surface area contributed by atoms with Crippen LogP contribution in [0.1, 0.15) is 24.2 Å². The van der Waals surface area contributed by atoms with E-state index in [2.05, 4.69) is 17.2 Å². The normalized spacial score (nSPS) is 12.4. The molecule has 3 heteroatoms. The number of aromatic nitrogens is 1. The smallest absolute Gasteiger partial charge is 0.0751 e. The Labute approximate surface area is 107 Å². The molecule has 88 valence electrons.